The number of anilines is 1. The van der Waals surface area contributed by atoms with Gasteiger partial charge >= 0.3 is 6.18 Å². The second-order valence-corrected chi connectivity index (χ2v) is 5.93. The van der Waals surface area contributed by atoms with Gasteiger partial charge in [0.2, 0.25) is 5.91 Å². The molecule has 152 valence electrons. The van der Waals surface area contributed by atoms with Crippen molar-refractivity contribution in [3.8, 4) is 5.75 Å². The monoisotopic (exact) mass is 409 g/mol. The van der Waals surface area contributed by atoms with Crippen molar-refractivity contribution in [1.29, 1.82) is 0 Å². The molecule has 0 saturated carbocycles. The summed E-state index contributed by atoms with van der Waals surface area (Å²) in [7, 11) is 1.46. The van der Waals surface area contributed by atoms with Gasteiger partial charge < -0.3 is 10.1 Å². The summed E-state index contributed by atoms with van der Waals surface area (Å²) >= 11 is 0. The third kappa shape index (κ3) is 4.37. The Balaban J connectivity index is 2.24. The van der Waals surface area contributed by atoms with E-state index in [2.05, 4.69) is 0 Å². The lowest BCUT2D eigenvalue weighted by atomic mass is 9.97. The van der Waals surface area contributed by atoms with Crippen LogP contribution in [0.3, 0.4) is 0 Å². The molecule has 0 bridgehead atoms. The summed E-state index contributed by atoms with van der Waals surface area (Å²) in [4.78, 5) is 12.0. The van der Waals surface area contributed by atoms with Gasteiger partial charge in [-0.2, -0.15) is 13.2 Å². The van der Waals surface area contributed by atoms with Crippen LogP contribution in [0.25, 0.3) is 0 Å². The zero-order chi connectivity index (χ0) is 21.2. The van der Waals surface area contributed by atoms with Crippen molar-refractivity contribution < 1.29 is 40.3 Å². The first-order chi connectivity index (χ1) is 13.0. The number of nitrogens with one attached hydrogen (secondary N) is 1. The molecule has 0 spiro atoms. The van der Waals surface area contributed by atoms with Gasteiger partial charge in [0.05, 0.1) is 7.11 Å². The Morgan fingerprint density at radius 3 is 1.93 bits per heavy atom. The lowest BCUT2D eigenvalue weighted by Crippen LogP contribution is -2.21. The van der Waals surface area contributed by atoms with E-state index < -0.39 is 52.5 Å². The molecular formula is C18H14F7NO2. The van der Waals surface area contributed by atoms with Gasteiger partial charge in [0.15, 0.2) is 23.3 Å². The minimum absolute atomic E-state index is 0.352. The first-order valence-electron chi connectivity index (χ1n) is 7.84. The number of rotatable bonds is 5. The summed E-state index contributed by atoms with van der Waals surface area (Å²) in [5.74, 6) is -10.9. The number of methoxy groups -OCH3 is 1. The molecule has 0 aliphatic carbocycles. The number of ether oxygens (including phenoxy) is 1. The second kappa shape index (κ2) is 8.07. The second-order valence-electron chi connectivity index (χ2n) is 5.93. The maximum Gasteiger partial charge on any atom is 0.422 e. The first-order valence-corrected chi connectivity index (χ1v) is 7.84. The van der Waals surface area contributed by atoms with Crippen molar-refractivity contribution in [2.75, 3.05) is 12.4 Å². The van der Waals surface area contributed by atoms with E-state index in [1.807, 2.05) is 0 Å². The van der Waals surface area contributed by atoms with Crippen molar-refractivity contribution in [2.24, 2.45) is 0 Å². The molecule has 1 amide bonds. The molecule has 1 unspecified atom stereocenters. The maximum atomic E-state index is 13.8. The van der Waals surface area contributed by atoms with Gasteiger partial charge in [-0.05, 0) is 23.6 Å². The molecule has 2 aromatic rings. The van der Waals surface area contributed by atoms with Crippen LogP contribution in [0, 0.1) is 23.3 Å². The van der Waals surface area contributed by atoms with E-state index in [0.717, 1.165) is 0 Å². The maximum absolute atomic E-state index is 13.8. The molecule has 2 rings (SSSR count). The third-order valence-electron chi connectivity index (χ3n) is 3.99. The van der Waals surface area contributed by atoms with E-state index in [9.17, 15) is 35.5 Å². The molecule has 1 N–H and O–H groups in total. The number of alkyl halides is 3. The Hall–Kier alpha value is -2.78. The molecule has 3 nitrogen and oxygen atoms in total. The summed E-state index contributed by atoms with van der Waals surface area (Å²) in [6.07, 6.45) is -6.00. The quantitative estimate of drug-likeness (QED) is 0.530. The molecule has 0 radical (unpaired) electrons. The van der Waals surface area contributed by atoms with Crippen molar-refractivity contribution in [3.63, 3.8) is 0 Å². The SMILES string of the molecule is COc1ccc(C(C)CC(=O)Nc2c(F)c(F)c(C(F)(F)F)c(F)c2F)cc1. The van der Waals surface area contributed by atoms with Gasteiger partial charge in [-0.1, -0.05) is 19.1 Å². The molecule has 0 aliphatic rings. The molecule has 0 aromatic heterocycles. The van der Waals surface area contributed by atoms with Crippen LogP contribution in [0.1, 0.15) is 30.4 Å². The number of benzene rings is 2. The lowest BCUT2D eigenvalue weighted by molar-refractivity contribution is -0.143. The normalized spacial score (nSPS) is 12.6. The standard InChI is InChI=1S/C18H14F7NO2/c1-8(9-3-5-10(28-2)6-4-9)7-11(27)26-17-15(21)13(19)12(18(23,24)25)14(20)16(17)22/h3-6,8H,7H2,1-2H3,(H,26,27). The van der Waals surface area contributed by atoms with Crippen molar-refractivity contribution in [3.05, 3.63) is 58.7 Å². The van der Waals surface area contributed by atoms with Crippen LogP contribution in [0.15, 0.2) is 24.3 Å². The van der Waals surface area contributed by atoms with Crippen molar-refractivity contribution in [1.82, 2.24) is 0 Å². The van der Waals surface area contributed by atoms with E-state index in [-0.39, 0.29) is 6.42 Å². The summed E-state index contributed by atoms with van der Waals surface area (Å²) in [5, 5.41) is 1.60. The van der Waals surface area contributed by atoms with E-state index >= 15 is 0 Å². The molecule has 10 heteroatoms. The van der Waals surface area contributed by atoms with Crippen LogP contribution in [0.5, 0.6) is 5.75 Å². The van der Waals surface area contributed by atoms with E-state index in [0.29, 0.717) is 11.3 Å². The van der Waals surface area contributed by atoms with E-state index in [4.69, 9.17) is 4.74 Å². The average molecular weight is 409 g/mol. The highest BCUT2D eigenvalue weighted by Gasteiger charge is 2.42. The largest absolute Gasteiger partial charge is 0.497 e. The number of carbonyl (C=O) groups is 1. The molecule has 2 aromatic carbocycles. The first kappa shape index (κ1) is 21.5. The minimum atomic E-state index is -5.65. The van der Waals surface area contributed by atoms with Gasteiger partial charge in [-0.25, -0.2) is 17.6 Å². The van der Waals surface area contributed by atoms with Crippen molar-refractivity contribution in [2.45, 2.75) is 25.4 Å². The predicted octanol–water partition coefficient (Wildman–Crippen LogP) is 5.40. The Morgan fingerprint density at radius 2 is 1.50 bits per heavy atom. The Bertz CT molecular complexity index is 850. The van der Waals surface area contributed by atoms with Crippen molar-refractivity contribution >= 4 is 11.6 Å². The lowest BCUT2D eigenvalue weighted by Gasteiger charge is -2.16. The Kier molecular flexibility index (Phi) is 6.20. The molecule has 1 atom stereocenters. The number of halogens is 7. The van der Waals surface area contributed by atoms with Gasteiger partial charge in [0.25, 0.3) is 0 Å². The highest BCUT2D eigenvalue weighted by Crippen LogP contribution is 2.38. The Morgan fingerprint density at radius 1 is 1.00 bits per heavy atom. The van der Waals surface area contributed by atoms with E-state index in [1.165, 1.54) is 7.11 Å². The van der Waals surface area contributed by atoms with E-state index in [1.54, 1.807) is 36.5 Å². The summed E-state index contributed by atoms with van der Waals surface area (Å²) in [6.45, 7) is 1.60. The number of hydrogen-bond acceptors (Lipinski definition) is 2. The summed E-state index contributed by atoms with van der Waals surface area (Å²) < 4.78 is 97.5. The number of carbonyl (C=O) groups excluding carboxylic acids is 1. The average Bonchev–Trinajstić information content (AvgIpc) is 2.62. The summed E-state index contributed by atoms with van der Waals surface area (Å²) in [6, 6.07) is 6.50. The highest BCUT2D eigenvalue weighted by molar-refractivity contribution is 5.91. The predicted molar refractivity (Wildman–Crippen MR) is 85.9 cm³/mol. The molecule has 0 fully saturated rings. The van der Waals surface area contributed by atoms with Crippen LogP contribution < -0.4 is 10.1 Å². The van der Waals surface area contributed by atoms with Gasteiger partial charge in [0, 0.05) is 6.42 Å². The van der Waals surface area contributed by atoms with Crippen LogP contribution >= 0.6 is 0 Å². The number of amides is 1. The van der Waals surface area contributed by atoms with Gasteiger partial charge in [-0.15, -0.1) is 0 Å². The topological polar surface area (TPSA) is 38.3 Å². The summed E-state index contributed by atoms with van der Waals surface area (Å²) in [5.41, 5.74) is -3.66. The molecule has 0 aliphatic heterocycles. The fourth-order valence-electron chi connectivity index (χ4n) is 2.51. The van der Waals surface area contributed by atoms with Gasteiger partial charge in [0.1, 0.15) is 17.0 Å². The van der Waals surface area contributed by atoms with Gasteiger partial charge in [-0.3, -0.25) is 4.79 Å². The fourth-order valence-corrected chi connectivity index (χ4v) is 2.51. The zero-order valence-corrected chi connectivity index (χ0v) is 14.6. The van der Waals surface area contributed by atoms with Crippen LogP contribution in [0.4, 0.5) is 36.4 Å². The number of hydrogen-bond donors (Lipinski definition) is 1. The minimum Gasteiger partial charge on any atom is -0.497 e. The molecule has 0 heterocycles. The smallest absolute Gasteiger partial charge is 0.422 e. The third-order valence-corrected chi connectivity index (χ3v) is 3.99. The van der Waals surface area contributed by atoms with Crippen LogP contribution in [0.2, 0.25) is 0 Å². The highest BCUT2D eigenvalue weighted by atomic mass is 19.4. The zero-order valence-electron chi connectivity index (χ0n) is 14.6. The van der Waals surface area contributed by atoms with Crippen LogP contribution in [-0.4, -0.2) is 13.0 Å². The fraction of sp³-hybridized carbons (Fsp3) is 0.278. The molecule has 28 heavy (non-hydrogen) atoms. The Labute approximate surface area is 155 Å². The molecular weight excluding hydrogens is 395 g/mol. The molecule has 0 saturated heterocycles. The van der Waals surface area contributed by atoms with Crippen LogP contribution in [-0.2, 0) is 11.0 Å².